The van der Waals surface area contributed by atoms with E-state index < -0.39 is 6.10 Å². The topological polar surface area (TPSA) is 40.5 Å². The van der Waals surface area contributed by atoms with Crippen LogP contribution in [0, 0.1) is 10.8 Å². The number of rotatable bonds is 3. The number of hydrogen-bond donors (Lipinski definition) is 2. The van der Waals surface area contributed by atoms with Crippen LogP contribution in [-0.4, -0.2) is 22.9 Å². The molecule has 0 aromatic rings. The molecule has 0 aliphatic rings. The largest absolute Gasteiger partial charge is 0.392 e. The van der Waals surface area contributed by atoms with Gasteiger partial charge in [-0.05, 0) is 16.4 Å². The highest BCUT2D eigenvalue weighted by atomic mass is 16.3. The van der Waals surface area contributed by atoms with Crippen molar-refractivity contribution in [1.29, 1.82) is 0 Å². The van der Waals surface area contributed by atoms with Crippen molar-refractivity contribution in [3.8, 4) is 0 Å². The van der Waals surface area contributed by atoms with Gasteiger partial charge in [-0.2, -0.15) is 0 Å². The summed E-state index contributed by atoms with van der Waals surface area (Å²) in [6.45, 7) is 13.7. The van der Waals surface area contributed by atoms with Crippen LogP contribution in [0.15, 0.2) is 12.2 Å². The second kappa shape index (κ2) is 3.81. The predicted molar refractivity (Wildman–Crippen MR) is 55.5 cm³/mol. The first kappa shape index (κ1) is 12.7. The van der Waals surface area contributed by atoms with Crippen molar-refractivity contribution >= 4 is 0 Å². The van der Waals surface area contributed by atoms with Gasteiger partial charge in [-0.15, -0.1) is 0 Å². The van der Waals surface area contributed by atoms with Crippen LogP contribution in [-0.2, 0) is 0 Å². The van der Waals surface area contributed by atoms with Crippen LogP contribution in [0.2, 0.25) is 0 Å². The minimum Gasteiger partial charge on any atom is -0.392 e. The zero-order valence-electron chi connectivity index (χ0n) is 9.39. The van der Waals surface area contributed by atoms with Crippen LogP contribution in [0.3, 0.4) is 0 Å². The van der Waals surface area contributed by atoms with Crippen LogP contribution in [0.4, 0.5) is 0 Å². The van der Waals surface area contributed by atoms with Gasteiger partial charge in [0.2, 0.25) is 0 Å². The molecule has 0 radical (unpaired) electrons. The van der Waals surface area contributed by atoms with Crippen molar-refractivity contribution in [2.75, 3.05) is 6.61 Å². The minimum absolute atomic E-state index is 0.0233. The summed E-state index contributed by atoms with van der Waals surface area (Å²) in [5.41, 5.74) is 0.178. The second-order valence-corrected chi connectivity index (χ2v) is 5.19. The van der Waals surface area contributed by atoms with E-state index in [1.165, 1.54) is 0 Å². The molecule has 0 aromatic heterocycles. The Morgan fingerprint density at radius 1 is 1.23 bits per heavy atom. The third kappa shape index (κ3) is 2.55. The van der Waals surface area contributed by atoms with E-state index in [2.05, 4.69) is 27.4 Å². The van der Waals surface area contributed by atoms with Crippen molar-refractivity contribution in [2.45, 2.75) is 40.7 Å². The number of aliphatic hydroxyl groups is 2. The summed E-state index contributed by atoms with van der Waals surface area (Å²) in [4.78, 5) is 0. The Bertz CT molecular complexity index is 187. The molecular formula is C11H22O2. The zero-order valence-corrected chi connectivity index (χ0v) is 9.39. The van der Waals surface area contributed by atoms with Crippen molar-refractivity contribution in [3.63, 3.8) is 0 Å². The molecule has 1 unspecified atom stereocenters. The molecule has 78 valence electrons. The van der Waals surface area contributed by atoms with Crippen molar-refractivity contribution in [3.05, 3.63) is 12.2 Å². The molecule has 0 saturated heterocycles. The van der Waals surface area contributed by atoms with Gasteiger partial charge >= 0.3 is 0 Å². The Kier molecular flexibility index (Phi) is 3.71. The number of aliphatic hydroxyl groups excluding tert-OH is 2. The van der Waals surface area contributed by atoms with Gasteiger partial charge in [0.15, 0.2) is 0 Å². The fourth-order valence-corrected chi connectivity index (χ4v) is 1.01. The van der Waals surface area contributed by atoms with Crippen molar-refractivity contribution in [1.82, 2.24) is 0 Å². The Morgan fingerprint density at radius 2 is 1.62 bits per heavy atom. The van der Waals surface area contributed by atoms with Gasteiger partial charge < -0.3 is 10.2 Å². The lowest BCUT2D eigenvalue weighted by Gasteiger charge is -2.43. The molecule has 0 bridgehead atoms. The van der Waals surface area contributed by atoms with E-state index in [0.717, 1.165) is 0 Å². The molecule has 2 N–H and O–H groups in total. The lowest BCUT2D eigenvalue weighted by molar-refractivity contribution is -0.00945. The standard InChI is InChI=1S/C11H22O2/c1-8(7-12)9(13)11(5,6)10(2,3)4/h9,12-13H,1,7H2,2-6H3. The van der Waals surface area contributed by atoms with Crippen LogP contribution < -0.4 is 0 Å². The molecule has 0 heterocycles. The quantitative estimate of drug-likeness (QED) is 0.662. The summed E-state index contributed by atoms with van der Waals surface area (Å²) in [5.74, 6) is 0. The molecule has 0 amide bonds. The van der Waals surface area contributed by atoms with Gasteiger partial charge in [-0.25, -0.2) is 0 Å². The van der Waals surface area contributed by atoms with E-state index in [9.17, 15) is 5.11 Å². The maximum absolute atomic E-state index is 9.92. The molecule has 0 saturated carbocycles. The maximum Gasteiger partial charge on any atom is 0.0825 e. The lowest BCUT2D eigenvalue weighted by atomic mass is 9.64. The summed E-state index contributed by atoms with van der Waals surface area (Å²) in [6, 6.07) is 0. The highest BCUT2D eigenvalue weighted by Gasteiger charge is 2.40. The Labute approximate surface area is 81.3 Å². The van der Waals surface area contributed by atoms with E-state index in [1.807, 2.05) is 13.8 Å². The molecule has 2 nitrogen and oxygen atoms in total. The van der Waals surface area contributed by atoms with E-state index in [-0.39, 0.29) is 17.4 Å². The van der Waals surface area contributed by atoms with Crippen molar-refractivity contribution < 1.29 is 10.2 Å². The molecule has 0 rings (SSSR count). The molecule has 0 aliphatic carbocycles. The first-order chi connectivity index (χ1) is 5.64. The van der Waals surface area contributed by atoms with Crippen molar-refractivity contribution in [2.24, 2.45) is 10.8 Å². The fraction of sp³-hybridized carbons (Fsp3) is 0.818. The molecular weight excluding hydrogens is 164 g/mol. The van der Waals surface area contributed by atoms with Crippen LogP contribution in [0.25, 0.3) is 0 Å². The van der Waals surface area contributed by atoms with E-state index >= 15 is 0 Å². The third-order valence-corrected chi connectivity index (χ3v) is 3.21. The van der Waals surface area contributed by atoms with Gasteiger partial charge in [-0.3, -0.25) is 0 Å². The van der Waals surface area contributed by atoms with Gasteiger partial charge in [0.05, 0.1) is 12.7 Å². The normalized spacial score (nSPS) is 15.6. The molecule has 2 heteroatoms. The number of hydrogen-bond acceptors (Lipinski definition) is 2. The summed E-state index contributed by atoms with van der Waals surface area (Å²) in [5, 5.41) is 18.8. The smallest absolute Gasteiger partial charge is 0.0825 e. The zero-order chi connectivity index (χ0) is 10.9. The molecule has 0 spiro atoms. The monoisotopic (exact) mass is 186 g/mol. The molecule has 13 heavy (non-hydrogen) atoms. The summed E-state index contributed by atoms with van der Waals surface area (Å²) in [6.07, 6.45) is -0.655. The van der Waals surface area contributed by atoms with E-state index in [1.54, 1.807) is 0 Å². The minimum atomic E-state index is -0.655. The average molecular weight is 186 g/mol. The summed E-state index contributed by atoms with van der Waals surface area (Å²) in [7, 11) is 0. The SMILES string of the molecule is C=C(CO)C(O)C(C)(C)C(C)(C)C. The average Bonchev–Trinajstić information content (AvgIpc) is 1.99. The van der Waals surface area contributed by atoms with Crippen LogP contribution in [0.5, 0.6) is 0 Å². The summed E-state index contributed by atoms with van der Waals surface area (Å²) < 4.78 is 0. The van der Waals surface area contributed by atoms with Gasteiger partial charge in [0, 0.05) is 0 Å². The first-order valence-corrected chi connectivity index (χ1v) is 4.61. The first-order valence-electron chi connectivity index (χ1n) is 4.61. The van der Waals surface area contributed by atoms with Crippen LogP contribution in [0.1, 0.15) is 34.6 Å². The maximum atomic E-state index is 9.92. The lowest BCUT2D eigenvalue weighted by Crippen LogP contribution is -2.42. The Hall–Kier alpha value is -0.340. The highest BCUT2D eigenvalue weighted by molar-refractivity contribution is 5.09. The second-order valence-electron chi connectivity index (χ2n) is 5.19. The van der Waals surface area contributed by atoms with Gasteiger partial charge in [0.1, 0.15) is 0 Å². The summed E-state index contributed by atoms with van der Waals surface area (Å²) >= 11 is 0. The third-order valence-electron chi connectivity index (χ3n) is 3.21. The molecule has 1 atom stereocenters. The Morgan fingerprint density at radius 3 is 1.85 bits per heavy atom. The highest BCUT2D eigenvalue weighted by Crippen LogP contribution is 2.42. The van der Waals surface area contributed by atoms with E-state index in [0.29, 0.717) is 5.57 Å². The van der Waals surface area contributed by atoms with Crippen LogP contribution >= 0.6 is 0 Å². The van der Waals surface area contributed by atoms with Gasteiger partial charge in [-0.1, -0.05) is 41.2 Å². The predicted octanol–water partition coefficient (Wildman–Crippen LogP) is 1.97. The molecule has 0 fully saturated rings. The van der Waals surface area contributed by atoms with E-state index in [4.69, 9.17) is 5.11 Å². The Balaban J connectivity index is 4.74. The fourth-order valence-electron chi connectivity index (χ4n) is 1.01. The molecule has 0 aromatic carbocycles. The molecule has 0 aliphatic heterocycles. The van der Waals surface area contributed by atoms with Gasteiger partial charge in [0.25, 0.3) is 0 Å².